The van der Waals surface area contributed by atoms with Crippen LogP contribution in [-0.4, -0.2) is 67.2 Å². The Morgan fingerprint density at radius 3 is 2.07 bits per heavy atom. The average molecular weight is 470 g/mol. The number of halogens is 3. The maximum Gasteiger partial charge on any atom is 0.240 e. The van der Waals surface area contributed by atoms with Gasteiger partial charge in [-0.25, -0.2) is 0 Å². The summed E-state index contributed by atoms with van der Waals surface area (Å²) in [5.74, 6) is -0.0707. The van der Waals surface area contributed by atoms with E-state index in [1.54, 1.807) is 0 Å². The second-order valence-corrected chi connectivity index (χ2v) is 7.48. The van der Waals surface area contributed by atoms with Gasteiger partial charge in [-0.3, -0.25) is 9.69 Å². The molecule has 0 bridgehead atoms. The molecular weight excluding hydrogens is 435 g/mol. The maximum absolute atomic E-state index is 12.4. The number of nitrogens with two attached hydrogens (primary N) is 1. The predicted molar refractivity (Wildman–Crippen MR) is 124 cm³/mol. The van der Waals surface area contributed by atoms with Gasteiger partial charge in [0.1, 0.15) is 0 Å². The number of likely N-dealkylation sites (N-methyl/N-ethyl adjacent to an activating group) is 1. The molecule has 0 unspecified atom stereocenters. The van der Waals surface area contributed by atoms with Gasteiger partial charge in [0.25, 0.3) is 0 Å². The second-order valence-electron chi connectivity index (χ2n) is 7.48. The Morgan fingerprint density at radius 2 is 1.52 bits per heavy atom. The Labute approximate surface area is 193 Å². The summed E-state index contributed by atoms with van der Waals surface area (Å²) in [5.41, 5.74) is 7.86. The van der Waals surface area contributed by atoms with Crippen LogP contribution in [0.3, 0.4) is 0 Å². The van der Waals surface area contributed by atoms with Crippen molar-refractivity contribution in [1.82, 2.24) is 15.1 Å². The molecule has 0 aromatic heterocycles. The van der Waals surface area contributed by atoms with Crippen LogP contribution >= 0.6 is 37.2 Å². The SMILES string of the molecule is CCN1CCN(Cc2ccc(CNC(=O)C3(N)CCOCC3)cc2)CC1.Cl.Cl.Cl. The monoisotopic (exact) mass is 468 g/mol. The van der Waals surface area contributed by atoms with Gasteiger partial charge in [-0.1, -0.05) is 31.2 Å². The molecule has 0 spiro atoms. The Hall–Kier alpha value is -0.600. The smallest absolute Gasteiger partial charge is 0.240 e. The van der Waals surface area contributed by atoms with Crippen molar-refractivity contribution in [3.63, 3.8) is 0 Å². The van der Waals surface area contributed by atoms with Crippen molar-refractivity contribution in [3.8, 4) is 0 Å². The summed E-state index contributed by atoms with van der Waals surface area (Å²) in [7, 11) is 0. The fourth-order valence-corrected chi connectivity index (χ4v) is 3.61. The highest BCUT2D eigenvalue weighted by Crippen LogP contribution is 2.18. The van der Waals surface area contributed by atoms with Crippen molar-refractivity contribution in [2.24, 2.45) is 5.73 Å². The van der Waals surface area contributed by atoms with Crippen molar-refractivity contribution in [2.75, 3.05) is 45.9 Å². The molecule has 1 aromatic rings. The first kappa shape index (κ1) is 28.4. The highest BCUT2D eigenvalue weighted by Gasteiger charge is 2.35. The van der Waals surface area contributed by atoms with Crippen molar-refractivity contribution < 1.29 is 9.53 Å². The van der Waals surface area contributed by atoms with Crippen molar-refractivity contribution in [1.29, 1.82) is 0 Å². The first-order chi connectivity index (χ1) is 12.6. The number of carbonyl (C=O) groups excluding carboxylic acids is 1. The number of hydrogen-bond acceptors (Lipinski definition) is 5. The quantitative estimate of drug-likeness (QED) is 0.668. The van der Waals surface area contributed by atoms with Gasteiger partial charge in [-0.05, 0) is 30.5 Å². The summed E-state index contributed by atoms with van der Waals surface area (Å²) in [6, 6.07) is 8.54. The molecule has 2 fully saturated rings. The lowest BCUT2D eigenvalue weighted by Gasteiger charge is -2.34. The number of hydrogen-bond donors (Lipinski definition) is 2. The summed E-state index contributed by atoms with van der Waals surface area (Å²) in [4.78, 5) is 17.4. The zero-order valence-electron chi connectivity index (χ0n) is 17.1. The van der Waals surface area contributed by atoms with Gasteiger partial charge in [0.05, 0.1) is 5.54 Å². The van der Waals surface area contributed by atoms with Crippen molar-refractivity contribution in [2.45, 2.75) is 38.4 Å². The van der Waals surface area contributed by atoms with Gasteiger partial charge in [0.15, 0.2) is 0 Å². The van der Waals surface area contributed by atoms with E-state index in [1.807, 2.05) is 0 Å². The lowest BCUT2D eigenvalue weighted by atomic mass is 9.90. The molecule has 1 aromatic carbocycles. The molecule has 3 N–H and O–H groups in total. The molecule has 0 aliphatic carbocycles. The normalized spacial score (nSPS) is 19.2. The lowest BCUT2D eigenvalue weighted by Crippen LogP contribution is -2.56. The Morgan fingerprint density at radius 1 is 1.00 bits per heavy atom. The van der Waals surface area contributed by atoms with E-state index in [1.165, 1.54) is 5.56 Å². The van der Waals surface area contributed by atoms with Crippen LogP contribution in [0.5, 0.6) is 0 Å². The van der Waals surface area contributed by atoms with E-state index in [-0.39, 0.29) is 43.1 Å². The Balaban J connectivity index is 0.00000261. The number of piperazine rings is 1. The zero-order chi connectivity index (χ0) is 18.4. The standard InChI is InChI=1S/C20H32N4O2.3ClH/c1-2-23-9-11-24(12-10-23)16-18-5-3-17(4-6-18)15-22-19(25)20(21)7-13-26-14-8-20;;;/h3-6H,2,7-16,21H2,1H3,(H,22,25);3*1H. The minimum absolute atomic E-state index is 0. The van der Waals surface area contributed by atoms with Crippen molar-refractivity contribution in [3.05, 3.63) is 35.4 Å². The van der Waals surface area contributed by atoms with Gasteiger partial charge in [0.2, 0.25) is 5.91 Å². The molecule has 2 aliphatic rings. The van der Waals surface area contributed by atoms with E-state index in [4.69, 9.17) is 10.5 Å². The first-order valence-electron chi connectivity index (χ1n) is 9.76. The van der Waals surface area contributed by atoms with E-state index in [0.717, 1.165) is 44.8 Å². The number of nitrogens with one attached hydrogen (secondary N) is 1. The molecule has 2 aliphatic heterocycles. The molecule has 0 atom stereocenters. The molecule has 6 nitrogen and oxygen atoms in total. The minimum atomic E-state index is -0.779. The van der Waals surface area contributed by atoms with Crippen LogP contribution in [-0.2, 0) is 22.6 Å². The fraction of sp³-hybridized carbons (Fsp3) is 0.650. The van der Waals surface area contributed by atoms with Gasteiger partial charge in [0, 0.05) is 52.5 Å². The first-order valence-corrected chi connectivity index (χ1v) is 9.76. The number of rotatable bonds is 6. The minimum Gasteiger partial charge on any atom is -0.381 e. The summed E-state index contributed by atoms with van der Waals surface area (Å²) in [6.45, 7) is 10.6. The van der Waals surface area contributed by atoms with Crippen LogP contribution in [0.1, 0.15) is 30.9 Å². The highest BCUT2D eigenvalue weighted by atomic mass is 35.5. The topological polar surface area (TPSA) is 70.8 Å². The second kappa shape index (κ2) is 13.7. The fourth-order valence-electron chi connectivity index (χ4n) is 3.61. The van der Waals surface area contributed by atoms with Crippen LogP contribution in [0.15, 0.2) is 24.3 Å². The molecule has 1 amide bonds. The molecule has 0 saturated carbocycles. The van der Waals surface area contributed by atoms with Crippen LogP contribution in [0.4, 0.5) is 0 Å². The third-order valence-corrected chi connectivity index (χ3v) is 5.63. The number of ether oxygens (including phenoxy) is 1. The number of benzene rings is 1. The van der Waals surface area contributed by atoms with Gasteiger partial charge >= 0.3 is 0 Å². The number of amides is 1. The molecular formula is C20H35Cl3N4O2. The molecule has 0 radical (unpaired) electrons. The van der Waals surface area contributed by atoms with Gasteiger partial charge < -0.3 is 20.7 Å². The lowest BCUT2D eigenvalue weighted by molar-refractivity contribution is -0.129. The third-order valence-electron chi connectivity index (χ3n) is 5.63. The molecule has 29 heavy (non-hydrogen) atoms. The molecule has 2 heterocycles. The highest BCUT2D eigenvalue weighted by molar-refractivity contribution is 5.86. The summed E-state index contributed by atoms with van der Waals surface area (Å²) >= 11 is 0. The number of carbonyl (C=O) groups is 1. The van der Waals surface area contributed by atoms with Gasteiger partial charge in [-0.15, -0.1) is 37.2 Å². The molecule has 2 saturated heterocycles. The van der Waals surface area contributed by atoms with E-state index in [9.17, 15) is 4.79 Å². The maximum atomic E-state index is 12.4. The zero-order valence-corrected chi connectivity index (χ0v) is 19.6. The molecule has 168 valence electrons. The summed E-state index contributed by atoms with van der Waals surface area (Å²) in [6.07, 6.45) is 1.17. The largest absolute Gasteiger partial charge is 0.381 e. The van der Waals surface area contributed by atoms with E-state index in [2.05, 4.69) is 46.3 Å². The van der Waals surface area contributed by atoms with Crippen LogP contribution < -0.4 is 11.1 Å². The van der Waals surface area contributed by atoms with Crippen LogP contribution in [0.25, 0.3) is 0 Å². The summed E-state index contributed by atoms with van der Waals surface area (Å²) in [5, 5.41) is 2.99. The van der Waals surface area contributed by atoms with Crippen molar-refractivity contribution >= 4 is 43.1 Å². The average Bonchev–Trinajstić information content (AvgIpc) is 2.68. The predicted octanol–water partition coefficient (Wildman–Crippen LogP) is 2.21. The van der Waals surface area contributed by atoms with E-state index in [0.29, 0.717) is 32.6 Å². The molecule has 3 rings (SSSR count). The molecule has 9 heteroatoms. The summed E-state index contributed by atoms with van der Waals surface area (Å²) < 4.78 is 5.30. The third kappa shape index (κ3) is 8.21. The van der Waals surface area contributed by atoms with E-state index >= 15 is 0 Å². The van der Waals surface area contributed by atoms with Crippen LogP contribution in [0.2, 0.25) is 0 Å². The van der Waals surface area contributed by atoms with E-state index < -0.39 is 5.54 Å². The van der Waals surface area contributed by atoms with Gasteiger partial charge in [-0.2, -0.15) is 0 Å². The number of nitrogens with zero attached hydrogens (tertiary/aromatic N) is 2. The van der Waals surface area contributed by atoms with Crippen LogP contribution in [0, 0.1) is 0 Å². The Bertz CT molecular complexity index is 590. The Kier molecular flexibility index (Phi) is 13.4.